The van der Waals surface area contributed by atoms with E-state index in [-0.39, 0.29) is 0 Å². The van der Waals surface area contributed by atoms with Gasteiger partial charge in [0.2, 0.25) is 0 Å². The van der Waals surface area contributed by atoms with E-state index < -0.39 is 5.97 Å². The van der Waals surface area contributed by atoms with E-state index in [9.17, 15) is 4.79 Å². The van der Waals surface area contributed by atoms with Crippen LogP contribution in [-0.4, -0.2) is 46.6 Å². The number of aliphatic carboxylic acids is 1. The van der Waals surface area contributed by atoms with E-state index in [4.69, 9.17) is 5.11 Å². The molecule has 2 unspecified atom stereocenters. The van der Waals surface area contributed by atoms with Gasteiger partial charge in [0.25, 0.3) is 0 Å². The summed E-state index contributed by atoms with van der Waals surface area (Å²) in [6, 6.07) is 0.292. The van der Waals surface area contributed by atoms with Crippen LogP contribution in [0.5, 0.6) is 0 Å². The van der Waals surface area contributed by atoms with Crippen molar-refractivity contribution in [1.29, 1.82) is 0 Å². The zero-order valence-corrected chi connectivity index (χ0v) is 11.3. The van der Waals surface area contributed by atoms with Gasteiger partial charge in [-0.05, 0) is 49.8 Å². The van der Waals surface area contributed by atoms with Crippen molar-refractivity contribution in [3.8, 4) is 0 Å². The molecule has 0 aromatic heterocycles. The summed E-state index contributed by atoms with van der Waals surface area (Å²) >= 11 is 1.99. The largest absolute Gasteiger partial charge is 0.481 e. The summed E-state index contributed by atoms with van der Waals surface area (Å²) in [5.74, 6) is 2.36. The van der Waals surface area contributed by atoms with Crippen molar-refractivity contribution >= 4 is 17.7 Å². The van der Waals surface area contributed by atoms with Gasteiger partial charge in [0, 0.05) is 6.04 Å². The van der Waals surface area contributed by atoms with Gasteiger partial charge in [-0.25, -0.2) is 0 Å². The summed E-state index contributed by atoms with van der Waals surface area (Å²) in [5.41, 5.74) is 0. The predicted octanol–water partition coefficient (Wildman–Crippen LogP) is 2.46. The summed E-state index contributed by atoms with van der Waals surface area (Å²) in [5, 5.41) is 9.11. The quantitative estimate of drug-likeness (QED) is 0.840. The highest BCUT2D eigenvalue weighted by atomic mass is 32.2. The minimum Gasteiger partial charge on any atom is -0.481 e. The molecule has 4 heteroatoms. The standard InChI is InChI=1S/C13H23NO2S/c15-13(16)9-12(11-5-8-17-10-11)14-6-3-1-2-4-7-14/h11-12H,1-10H2,(H,15,16). The van der Waals surface area contributed by atoms with Gasteiger partial charge in [-0.3, -0.25) is 9.69 Å². The first-order valence-electron chi connectivity index (χ1n) is 6.81. The Hall–Kier alpha value is -0.220. The van der Waals surface area contributed by atoms with Gasteiger partial charge in [0.15, 0.2) is 0 Å². The first kappa shape index (κ1) is 13.2. The molecule has 1 N–H and O–H groups in total. The van der Waals surface area contributed by atoms with Gasteiger partial charge in [0.1, 0.15) is 0 Å². The molecule has 2 fully saturated rings. The predicted molar refractivity (Wildman–Crippen MR) is 71.5 cm³/mol. The van der Waals surface area contributed by atoms with Crippen molar-refractivity contribution in [3.63, 3.8) is 0 Å². The van der Waals surface area contributed by atoms with Crippen LogP contribution in [0.15, 0.2) is 0 Å². The summed E-state index contributed by atoms with van der Waals surface area (Å²) in [7, 11) is 0. The Labute approximate surface area is 108 Å². The van der Waals surface area contributed by atoms with Crippen LogP contribution in [0, 0.1) is 5.92 Å². The average molecular weight is 257 g/mol. The minimum absolute atomic E-state index is 0.292. The van der Waals surface area contributed by atoms with Gasteiger partial charge in [-0.1, -0.05) is 12.8 Å². The topological polar surface area (TPSA) is 40.5 Å². The number of carboxylic acids is 1. The number of thioether (sulfide) groups is 1. The van der Waals surface area contributed by atoms with Gasteiger partial charge in [-0.15, -0.1) is 0 Å². The van der Waals surface area contributed by atoms with Crippen LogP contribution in [0.4, 0.5) is 0 Å². The Morgan fingerprint density at radius 3 is 2.53 bits per heavy atom. The zero-order valence-electron chi connectivity index (χ0n) is 10.4. The molecule has 0 amide bonds. The van der Waals surface area contributed by atoms with Crippen LogP contribution in [0.3, 0.4) is 0 Å². The van der Waals surface area contributed by atoms with Crippen LogP contribution >= 0.6 is 11.8 Å². The van der Waals surface area contributed by atoms with E-state index in [1.165, 1.54) is 37.9 Å². The van der Waals surface area contributed by atoms with Crippen molar-refractivity contribution in [2.24, 2.45) is 5.92 Å². The van der Waals surface area contributed by atoms with Crippen molar-refractivity contribution < 1.29 is 9.90 Å². The molecule has 0 aromatic rings. The zero-order chi connectivity index (χ0) is 12.1. The third-order valence-electron chi connectivity index (χ3n) is 4.00. The van der Waals surface area contributed by atoms with Gasteiger partial charge in [-0.2, -0.15) is 11.8 Å². The van der Waals surface area contributed by atoms with E-state index >= 15 is 0 Å². The Morgan fingerprint density at radius 2 is 2.00 bits per heavy atom. The second-order valence-electron chi connectivity index (χ2n) is 5.24. The highest BCUT2D eigenvalue weighted by Gasteiger charge is 2.31. The maximum absolute atomic E-state index is 11.1. The molecule has 2 heterocycles. The molecule has 2 saturated heterocycles. The number of carbonyl (C=O) groups is 1. The normalized spacial score (nSPS) is 28.8. The molecule has 0 bridgehead atoms. The molecule has 0 aliphatic carbocycles. The molecule has 0 radical (unpaired) electrons. The molecule has 2 aliphatic rings. The molecular formula is C13H23NO2S. The van der Waals surface area contributed by atoms with Crippen LogP contribution in [-0.2, 0) is 4.79 Å². The Bertz CT molecular complexity index is 246. The van der Waals surface area contributed by atoms with Crippen LogP contribution < -0.4 is 0 Å². The van der Waals surface area contributed by atoms with Crippen LogP contribution in [0.2, 0.25) is 0 Å². The lowest BCUT2D eigenvalue weighted by atomic mass is 9.94. The van der Waals surface area contributed by atoms with Crippen molar-refractivity contribution in [3.05, 3.63) is 0 Å². The molecule has 98 valence electrons. The highest BCUT2D eigenvalue weighted by molar-refractivity contribution is 7.99. The monoisotopic (exact) mass is 257 g/mol. The third-order valence-corrected chi connectivity index (χ3v) is 5.19. The Morgan fingerprint density at radius 1 is 1.29 bits per heavy atom. The molecule has 2 aliphatic heterocycles. The first-order chi connectivity index (χ1) is 8.27. The number of nitrogens with zero attached hydrogens (tertiary/aromatic N) is 1. The molecule has 0 aromatic carbocycles. The fraction of sp³-hybridized carbons (Fsp3) is 0.923. The van der Waals surface area contributed by atoms with Crippen LogP contribution in [0.1, 0.15) is 38.5 Å². The average Bonchev–Trinajstić information content (AvgIpc) is 2.68. The SMILES string of the molecule is O=C(O)CC(C1CCSC1)N1CCCCCC1. The maximum Gasteiger partial charge on any atom is 0.304 e. The van der Waals surface area contributed by atoms with Gasteiger partial charge in [0.05, 0.1) is 6.42 Å². The molecule has 2 rings (SSSR count). The third kappa shape index (κ3) is 3.88. The molecule has 3 nitrogen and oxygen atoms in total. The van der Waals surface area contributed by atoms with Crippen molar-refractivity contribution in [2.75, 3.05) is 24.6 Å². The Balaban J connectivity index is 1.98. The summed E-state index contributed by atoms with van der Waals surface area (Å²) < 4.78 is 0. The smallest absolute Gasteiger partial charge is 0.304 e. The summed E-state index contributed by atoms with van der Waals surface area (Å²) in [4.78, 5) is 13.5. The Kier molecular flexibility index (Phi) is 5.16. The second kappa shape index (κ2) is 6.64. The maximum atomic E-state index is 11.1. The van der Waals surface area contributed by atoms with E-state index in [0.29, 0.717) is 18.4 Å². The van der Waals surface area contributed by atoms with Crippen molar-refractivity contribution in [1.82, 2.24) is 4.90 Å². The minimum atomic E-state index is -0.629. The number of hydrogen-bond acceptors (Lipinski definition) is 3. The van der Waals surface area contributed by atoms with E-state index in [0.717, 1.165) is 18.8 Å². The fourth-order valence-corrected chi connectivity index (χ4v) is 4.38. The van der Waals surface area contributed by atoms with E-state index in [1.54, 1.807) is 0 Å². The summed E-state index contributed by atoms with van der Waals surface area (Å²) in [6.07, 6.45) is 6.67. The summed E-state index contributed by atoms with van der Waals surface area (Å²) in [6.45, 7) is 2.22. The molecule has 2 atom stereocenters. The van der Waals surface area contributed by atoms with E-state index in [2.05, 4.69) is 4.90 Å². The first-order valence-corrected chi connectivity index (χ1v) is 7.96. The fourth-order valence-electron chi connectivity index (χ4n) is 3.06. The number of hydrogen-bond donors (Lipinski definition) is 1. The molecule has 0 spiro atoms. The lowest BCUT2D eigenvalue weighted by Crippen LogP contribution is -2.42. The number of likely N-dealkylation sites (tertiary alicyclic amines) is 1. The molecule has 17 heavy (non-hydrogen) atoms. The molecular weight excluding hydrogens is 234 g/mol. The second-order valence-corrected chi connectivity index (χ2v) is 6.39. The number of rotatable bonds is 4. The number of carboxylic acid groups (broad SMARTS) is 1. The van der Waals surface area contributed by atoms with Gasteiger partial charge >= 0.3 is 5.97 Å². The van der Waals surface area contributed by atoms with Gasteiger partial charge < -0.3 is 5.11 Å². The van der Waals surface area contributed by atoms with E-state index in [1.807, 2.05) is 11.8 Å². The van der Waals surface area contributed by atoms with Crippen molar-refractivity contribution in [2.45, 2.75) is 44.6 Å². The lowest BCUT2D eigenvalue weighted by Gasteiger charge is -2.33. The lowest BCUT2D eigenvalue weighted by molar-refractivity contribution is -0.139. The molecule has 0 saturated carbocycles. The highest BCUT2D eigenvalue weighted by Crippen LogP contribution is 2.31. The van der Waals surface area contributed by atoms with Crippen LogP contribution in [0.25, 0.3) is 0 Å².